The van der Waals surface area contributed by atoms with Crippen LogP contribution in [-0.4, -0.2) is 25.8 Å². The predicted octanol–water partition coefficient (Wildman–Crippen LogP) is 3.88. The molecule has 0 fully saturated rings. The molecule has 1 N–H and O–H groups in total. The first kappa shape index (κ1) is 17.8. The highest BCUT2D eigenvalue weighted by molar-refractivity contribution is 6.30. The summed E-state index contributed by atoms with van der Waals surface area (Å²) in [4.78, 5) is 11.6. The number of hydrogen-bond acceptors (Lipinski definition) is 2. The highest BCUT2D eigenvalue weighted by Crippen LogP contribution is 2.33. The van der Waals surface area contributed by atoms with Gasteiger partial charge in [0.1, 0.15) is 0 Å². The van der Waals surface area contributed by atoms with E-state index < -0.39 is 18.1 Å². The minimum Gasteiger partial charge on any atom is -0.385 e. The summed E-state index contributed by atoms with van der Waals surface area (Å²) in [6.45, 7) is 0.479. The van der Waals surface area contributed by atoms with Gasteiger partial charge >= 0.3 is 6.18 Å². The van der Waals surface area contributed by atoms with E-state index in [1.165, 1.54) is 31.4 Å². The minimum atomic E-state index is -4.56. The lowest BCUT2D eigenvalue weighted by Crippen LogP contribution is -2.38. The smallest absolute Gasteiger partial charge is 0.385 e. The molecule has 1 rings (SSSR count). The Morgan fingerprint density at radius 2 is 1.90 bits per heavy atom. The number of alkyl halides is 3. The minimum absolute atomic E-state index is 0.0313. The van der Waals surface area contributed by atoms with Crippen molar-refractivity contribution in [3.8, 4) is 0 Å². The average molecular weight is 324 g/mol. The summed E-state index contributed by atoms with van der Waals surface area (Å²) < 4.78 is 43.9. The number of hydrogen-bond donors (Lipinski definition) is 1. The number of carbonyl (C=O) groups is 1. The zero-order valence-corrected chi connectivity index (χ0v) is 12.3. The van der Waals surface area contributed by atoms with E-state index in [-0.39, 0.29) is 12.0 Å². The van der Waals surface area contributed by atoms with Gasteiger partial charge in [0.15, 0.2) is 6.04 Å². The Kier molecular flexibility index (Phi) is 6.98. The molecule has 0 saturated carbocycles. The number of halogens is 4. The third kappa shape index (κ3) is 6.35. The van der Waals surface area contributed by atoms with E-state index in [1.807, 2.05) is 5.32 Å². The lowest BCUT2D eigenvalue weighted by Gasteiger charge is -2.22. The van der Waals surface area contributed by atoms with Crippen LogP contribution in [-0.2, 0) is 9.53 Å². The average Bonchev–Trinajstić information content (AvgIpc) is 2.41. The van der Waals surface area contributed by atoms with E-state index in [2.05, 4.69) is 0 Å². The second-order valence-electron chi connectivity index (χ2n) is 4.54. The Bertz CT molecular complexity index is 449. The van der Waals surface area contributed by atoms with Crippen molar-refractivity contribution in [1.29, 1.82) is 0 Å². The number of unbranched alkanes of at least 4 members (excludes halogenated alkanes) is 1. The molecular formula is C14H17ClF3NO2. The highest BCUT2D eigenvalue weighted by atomic mass is 35.5. The van der Waals surface area contributed by atoms with Gasteiger partial charge in [0.05, 0.1) is 0 Å². The van der Waals surface area contributed by atoms with Crippen LogP contribution in [0.15, 0.2) is 24.3 Å². The quantitative estimate of drug-likeness (QED) is 0.773. The molecule has 1 aromatic rings. The summed E-state index contributed by atoms with van der Waals surface area (Å²) in [5.74, 6) is -0.636. The maximum atomic E-state index is 13.0. The Morgan fingerprint density at radius 3 is 2.43 bits per heavy atom. The van der Waals surface area contributed by atoms with Crippen molar-refractivity contribution in [2.75, 3.05) is 13.7 Å². The molecule has 21 heavy (non-hydrogen) atoms. The summed E-state index contributed by atoms with van der Waals surface area (Å²) in [7, 11) is 1.53. The normalized spacial score (nSPS) is 13.0. The van der Waals surface area contributed by atoms with Crippen LogP contribution < -0.4 is 5.32 Å². The van der Waals surface area contributed by atoms with Crippen molar-refractivity contribution in [3.63, 3.8) is 0 Å². The summed E-state index contributed by atoms with van der Waals surface area (Å²) in [6, 6.07) is 3.21. The molecular weight excluding hydrogens is 307 g/mol. The van der Waals surface area contributed by atoms with Gasteiger partial charge in [0.25, 0.3) is 0 Å². The number of methoxy groups -OCH3 is 1. The molecule has 0 saturated heterocycles. The van der Waals surface area contributed by atoms with Crippen LogP contribution in [0.3, 0.4) is 0 Å². The first-order valence-corrected chi connectivity index (χ1v) is 6.83. The number of ether oxygens (including phenoxy) is 1. The van der Waals surface area contributed by atoms with E-state index >= 15 is 0 Å². The fourth-order valence-corrected chi connectivity index (χ4v) is 1.90. The molecule has 0 aliphatic carbocycles. The molecule has 7 heteroatoms. The second-order valence-corrected chi connectivity index (χ2v) is 4.98. The zero-order chi connectivity index (χ0) is 15.9. The van der Waals surface area contributed by atoms with E-state index in [0.717, 1.165) is 0 Å². The van der Waals surface area contributed by atoms with Crippen molar-refractivity contribution >= 4 is 17.5 Å². The Morgan fingerprint density at radius 1 is 1.29 bits per heavy atom. The van der Waals surface area contributed by atoms with E-state index in [9.17, 15) is 18.0 Å². The fraction of sp³-hybridized carbons (Fsp3) is 0.500. The van der Waals surface area contributed by atoms with Crippen LogP contribution in [0.1, 0.15) is 30.9 Å². The predicted molar refractivity (Wildman–Crippen MR) is 74.1 cm³/mol. The third-order valence-corrected chi connectivity index (χ3v) is 3.09. The summed E-state index contributed by atoms with van der Waals surface area (Å²) in [5.41, 5.74) is -0.0443. The van der Waals surface area contributed by atoms with Gasteiger partial charge in [0, 0.05) is 25.2 Å². The van der Waals surface area contributed by atoms with Crippen molar-refractivity contribution in [1.82, 2.24) is 5.32 Å². The van der Waals surface area contributed by atoms with Gasteiger partial charge in [-0.2, -0.15) is 13.2 Å². The Labute approximate surface area is 126 Å². The second kappa shape index (κ2) is 8.24. The van der Waals surface area contributed by atoms with E-state index in [4.69, 9.17) is 16.3 Å². The van der Waals surface area contributed by atoms with Gasteiger partial charge in [0.2, 0.25) is 5.91 Å². The molecule has 0 aliphatic heterocycles. The van der Waals surface area contributed by atoms with Gasteiger partial charge < -0.3 is 10.1 Å². The van der Waals surface area contributed by atoms with Crippen molar-refractivity contribution in [2.24, 2.45) is 0 Å². The highest BCUT2D eigenvalue weighted by Gasteiger charge is 2.41. The molecule has 3 nitrogen and oxygen atoms in total. The fourth-order valence-electron chi connectivity index (χ4n) is 1.77. The van der Waals surface area contributed by atoms with Gasteiger partial charge in [-0.15, -0.1) is 0 Å². The number of benzene rings is 1. The van der Waals surface area contributed by atoms with Gasteiger partial charge in [-0.05, 0) is 30.5 Å². The number of amides is 1. The molecule has 1 amide bonds. The lowest BCUT2D eigenvalue weighted by atomic mass is 10.1. The molecule has 1 aromatic carbocycles. The van der Waals surface area contributed by atoms with Crippen molar-refractivity contribution < 1.29 is 22.7 Å². The monoisotopic (exact) mass is 323 g/mol. The number of nitrogens with one attached hydrogen (secondary N) is 1. The van der Waals surface area contributed by atoms with Crippen LogP contribution in [0.2, 0.25) is 5.02 Å². The van der Waals surface area contributed by atoms with E-state index in [0.29, 0.717) is 24.5 Å². The standard InChI is InChI=1S/C14H17ClF3NO2/c1-21-9-3-2-4-12(20)19-13(14(16,17)18)10-5-7-11(15)8-6-10/h5-8,13H,2-4,9H2,1H3,(H,19,20)/t13-/m1/s1. The summed E-state index contributed by atoms with van der Waals surface area (Å²) in [5, 5.41) is 2.36. The lowest BCUT2D eigenvalue weighted by molar-refractivity contribution is -0.163. The van der Waals surface area contributed by atoms with Crippen LogP contribution in [0.25, 0.3) is 0 Å². The molecule has 0 unspecified atom stereocenters. The molecule has 0 spiro atoms. The maximum absolute atomic E-state index is 13.0. The van der Waals surface area contributed by atoms with E-state index in [1.54, 1.807) is 0 Å². The summed E-state index contributed by atoms with van der Waals surface area (Å²) >= 11 is 5.65. The van der Waals surface area contributed by atoms with Gasteiger partial charge in [-0.1, -0.05) is 23.7 Å². The molecule has 0 aromatic heterocycles. The first-order valence-electron chi connectivity index (χ1n) is 6.45. The Balaban J connectivity index is 2.67. The largest absolute Gasteiger partial charge is 0.412 e. The number of rotatable bonds is 7. The third-order valence-electron chi connectivity index (χ3n) is 2.84. The van der Waals surface area contributed by atoms with Crippen LogP contribution in [0, 0.1) is 0 Å². The molecule has 0 bridgehead atoms. The molecule has 1 atom stereocenters. The number of carbonyl (C=O) groups excluding carboxylic acids is 1. The molecule has 0 aliphatic rings. The van der Waals surface area contributed by atoms with Gasteiger partial charge in [-0.25, -0.2) is 0 Å². The first-order chi connectivity index (χ1) is 9.84. The molecule has 118 valence electrons. The van der Waals surface area contributed by atoms with Gasteiger partial charge in [-0.3, -0.25) is 4.79 Å². The SMILES string of the molecule is COCCCCC(=O)N[C@H](c1ccc(Cl)cc1)C(F)(F)F. The Hall–Kier alpha value is -1.27. The van der Waals surface area contributed by atoms with Crippen LogP contribution in [0.5, 0.6) is 0 Å². The zero-order valence-electron chi connectivity index (χ0n) is 11.5. The van der Waals surface area contributed by atoms with Crippen LogP contribution >= 0.6 is 11.6 Å². The maximum Gasteiger partial charge on any atom is 0.412 e. The molecule has 0 radical (unpaired) electrons. The summed E-state index contributed by atoms with van der Waals surface area (Å²) in [6.07, 6.45) is -3.42. The van der Waals surface area contributed by atoms with Crippen molar-refractivity contribution in [3.05, 3.63) is 34.9 Å². The van der Waals surface area contributed by atoms with Crippen LogP contribution in [0.4, 0.5) is 13.2 Å². The van der Waals surface area contributed by atoms with Crippen molar-refractivity contribution in [2.45, 2.75) is 31.5 Å². The topological polar surface area (TPSA) is 38.3 Å². The molecule has 0 heterocycles.